The van der Waals surface area contributed by atoms with Crippen LogP contribution in [0.1, 0.15) is 25.8 Å². The molecule has 1 atom stereocenters. The van der Waals surface area contributed by atoms with Crippen LogP contribution in [0.3, 0.4) is 0 Å². The summed E-state index contributed by atoms with van der Waals surface area (Å²) in [5, 5.41) is 21.1. The lowest BCUT2D eigenvalue weighted by molar-refractivity contribution is -0.138. The number of hydrogen-bond acceptors (Lipinski definition) is 5. The molecular formula is C16H23NO5S. The van der Waals surface area contributed by atoms with Crippen molar-refractivity contribution in [1.29, 1.82) is 0 Å². The minimum atomic E-state index is -1.11. The number of hydrogen-bond donors (Lipinski definition) is 3. The van der Waals surface area contributed by atoms with Crippen LogP contribution >= 0.6 is 11.8 Å². The van der Waals surface area contributed by atoms with Crippen molar-refractivity contribution in [3.63, 3.8) is 0 Å². The van der Waals surface area contributed by atoms with Gasteiger partial charge in [0.2, 0.25) is 0 Å². The van der Waals surface area contributed by atoms with E-state index >= 15 is 0 Å². The molecule has 3 N–H and O–H groups in total. The Kier molecular flexibility index (Phi) is 7.91. The van der Waals surface area contributed by atoms with Gasteiger partial charge in [-0.1, -0.05) is 30.3 Å². The van der Waals surface area contributed by atoms with Crippen LogP contribution in [0, 0.1) is 0 Å². The maximum atomic E-state index is 11.7. The molecule has 1 amide bonds. The van der Waals surface area contributed by atoms with Crippen molar-refractivity contribution < 1.29 is 24.5 Å². The van der Waals surface area contributed by atoms with Crippen molar-refractivity contribution in [3.05, 3.63) is 35.9 Å². The van der Waals surface area contributed by atoms with Crippen molar-refractivity contribution in [2.24, 2.45) is 0 Å². The van der Waals surface area contributed by atoms with Gasteiger partial charge >= 0.3 is 12.1 Å². The summed E-state index contributed by atoms with van der Waals surface area (Å²) < 4.78 is 5.01. The average Bonchev–Trinajstić information content (AvgIpc) is 2.48. The summed E-state index contributed by atoms with van der Waals surface area (Å²) in [5.41, 5.74) is 0.0439. The van der Waals surface area contributed by atoms with Crippen molar-refractivity contribution >= 4 is 23.8 Å². The molecule has 0 heterocycles. The second-order valence-corrected chi connectivity index (χ2v) is 6.88. The summed E-state index contributed by atoms with van der Waals surface area (Å²) >= 11 is 1.36. The molecule has 0 spiro atoms. The van der Waals surface area contributed by atoms with Crippen molar-refractivity contribution in [1.82, 2.24) is 5.32 Å². The summed E-state index contributed by atoms with van der Waals surface area (Å²) in [6.45, 7) is 3.48. The second kappa shape index (κ2) is 9.42. The molecule has 6 nitrogen and oxygen atoms in total. The summed E-state index contributed by atoms with van der Waals surface area (Å²) in [4.78, 5) is 22.8. The van der Waals surface area contributed by atoms with E-state index in [1.54, 1.807) is 13.8 Å². The number of ether oxygens (including phenoxy) is 1. The number of nitrogens with one attached hydrogen (secondary N) is 1. The maximum Gasteiger partial charge on any atom is 0.408 e. The van der Waals surface area contributed by atoms with Crippen molar-refractivity contribution in [2.75, 3.05) is 11.5 Å². The Morgan fingerprint density at radius 1 is 1.30 bits per heavy atom. The normalized spacial score (nSPS) is 12.5. The first-order valence-electron chi connectivity index (χ1n) is 7.28. The van der Waals surface area contributed by atoms with E-state index in [2.05, 4.69) is 5.32 Å². The zero-order valence-corrected chi connectivity index (χ0v) is 14.1. The van der Waals surface area contributed by atoms with Crippen LogP contribution in [-0.2, 0) is 16.1 Å². The number of amides is 1. The highest BCUT2D eigenvalue weighted by Crippen LogP contribution is 2.14. The van der Waals surface area contributed by atoms with Gasteiger partial charge < -0.3 is 20.3 Å². The molecule has 0 aliphatic rings. The topological polar surface area (TPSA) is 95.9 Å². The largest absolute Gasteiger partial charge is 0.480 e. The molecule has 0 bridgehead atoms. The number of rotatable bonds is 9. The fraction of sp³-hybridized carbons (Fsp3) is 0.500. The van der Waals surface area contributed by atoms with E-state index in [4.69, 9.17) is 9.84 Å². The van der Waals surface area contributed by atoms with Gasteiger partial charge in [0.15, 0.2) is 0 Å². The second-order valence-electron chi connectivity index (χ2n) is 5.73. The highest BCUT2D eigenvalue weighted by molar-refractivity contribution is 7.99. The molecule has 1 rings (SSSR count). The molecule has 0 saturated heterocycles. The van der Waals surface area contributed by atoms with Gasteiger partial charge in [0.05, 0.1) is 5.60 Å². The van der Waals surface area contributed by atoms with Gasteiger partial charge in [-0.3, -0.25) is 0 Å². The highest BCUT2D eigenvalue weighted by Gasteiger charge is 2.21. The summed E-state index contributed by atoms with van der Waals surface area (Å²) in [6.07, 6.45) is -0.216. The molecule has 0 aromatic heterocycles. The van der Waals surface area contributed by atoms with E-state index in [0.29, 0.717) is 12.2 Å². The van der Waals surface area contributed by atoms with Crippen LogP contribution in [-0.4, -0.2) is 45.4 Å². The monoisotopic (exact) mass is 341 g/mol. The van der Waals surface area contributed by atoms with E-state index in [0.717, 1.165) is 5.56 Å². The van der Waals surface area contributed by atoms with Gasteiger partial charge in [-0.25, -0.2) is 9.59 Å². The van der Waals surface area contributed by atoms with Gasteiger partial charge in [0, 0.05) is 5.75 Å². The molecule has 7 heteroatoms. The molecule has 1 aromatic carbocycles. The fourth-order valence-corrected chi connectivity index (χ4v) is 2.88. The van der Waals surface area contributed by atoms with Crippen LogP contribution in [0.4, 0.5) is 4.79 Å². The SMILES string of the molecule is CC(C)(O)CCSCC(NC(=O)OCc1ccccc1)C(=O)O. The first kappa shape index (κ1) is 19.3. The lowest BCUT2D eigenvalue weighted by Gasteiger charge is -2.18. The maximum absolute atomic E-state index is 11.7. The summed E-state index contributed by atoms with van der Waals surface area (Å²) in [5.74, 6) is -0.294. The van der Waals surface area contributed by atoms with E-state index < -0.39 is 23.7 Å². The quantitative estimate of drug-likeness (QED) is 0.596. The Bertz CT molecular complexity index is 501. The number of aliphatic hydroxyl groups is 1. The number of alkyl carbamates (subject to hydrolysis) is 1. The fourth-order valence-electron chi connectivity index (χ4n) is 1.60. The van der Waals surface area contributed by atoms with E-state index in [1.807, 2.05) is 30.3 Å². The molecule has 128 valence electrons. The van der Waals surface area contributed by atoms with Crippen molar-refractivity contribution in [3.8, 4) is 0 Å². The van der Waals surface area contributed by atoms with Gasteiger partial charge in [-0.15, -0.1) is 0 Å². The molecular weight excluding hydrogens is 318 g/mol. The Morgan fingerprint density at radius 2 is 1.96 bits per heavy atom. The third-order valence-corrected chi connectivity index (χ3v) is 4.01. The number of carboxylic acid groups (broad SMARTS) is 1. The minimum Gasteiger partial charge on any atom is -0.480 e. The predicted octanol–water partition coefficient (Wildman–Crippen LogP) is 2.26. The number of benzene rings is 1. The van der Waals surface area contributed by atoms with E-state index in [9.17, 15) is 14.7 Å². The standard InChI is InChI=1S/C16H23NO5S/c1-16(2,21)8-9-23-11-13(14(18)19)17-15(20)22-10-12-6-4-3-5-7-12/h3-7,13,21H,8-11H2,1-2H3,(H,17,20)(H,18,19). The van der Waals surface area contributed by atoms with Crippen LogP contribution in [0.15, 0.2) is 30.3 Å². The lowest BCUT2D eigenvalue weighted by Crippen LogP contribution is -2.42. The minimum absolute atomic E-state index is 0.0882. The number of carbonyl (C=O) groups is 2. The first-order valence-corrected chi connectivity index (χ1v) is 8.43. The van der Waals surface area contributed by atoms with E-state index in [1.165, 1.54) is 11.8 Å². The highest BCUT2D eigenvalue weighted by atomic mass is 32.2. The van der Waals surface area contributed by atoms with Crippen LogP contribution in [0.2, 0.25) is 0 Å². The van der Waals surface area contributed by atoms with Crippen LogP contribution in [0.5, 0.6) is 0 Å². The third-order valence-electron chi connectivity index (χ3n) is 2.95. The zero-order chi connectivity index (χ0) is 17.3. The summed E-state index contributed by atoms with van der Waals surface area (Å²) in [7, 11) is 0. The van der Waals surface area contributed by atoms with Crippen LogP contribution < -0.4 is 5.32 Å². The molecule has 1 aromatic rings. The lowest BCUT2D eigenvalue weighted by atomic mass is 10.1. The van der Waals surface area contributed by atoms with Crippen LogP contribution in [0.25, 0.3) is 0 Å². The predicted molar refractivity (Wildman–Crippen MR) is 89.4 cm³/mol. The number of aliphatic carboxylic acids is 1. The van der Waals surface area contributed by atoms with Crippen molar-refractivity contribution in [2.45, 2.75) is 38.5 Å². The third kappa shape index (κ3) is 9.10. The Hall–Kier alpha value is -1.73. The number of carboxylic acids is 1. The van der Waals surface area contributed by atoms with Gasteiger partial charge in [0.25, 0.3) is 0 Å². The number of carbonyl (C=O) groups excluding carboxylic acids is 1. The van der Waals surface area contributed by atoms with Gasteiger partial charge in [-0.05, 0) is 31.6 Å². The molecule has 0 aliphatic heterocycles. The smallest absolute Gasteiger partial charge is 0.408 e. The molecule has 0 fully saturated rings. The average molecular weight is 341 g/mol. The molecule has 0 saturated carbocycles. The Morgan fingerprint density at radius 3 is 2.52 bits per heavy atom. The Labute approximate surface area is 140 Å². The molecule has 0 aliphatic carbocycles. The molecule has 0 radical (unpaired) electrons. The van der Waals surface area contributed by atoms with E-state index in [-0.39, 0.29) is 12.4 Å². The molecule has 1 unspecified atom stereocenters. The molecule has 23 heavy (non-hydrogen) atoms. The zero-order valence-electron chi connectivity index (χ0n) is 13.3. The van der Waals surface area contributed by atoms with Gasteiger partial charge in [0.1, 0.15) is 12.6 Å². The first-order chi connectivity index (χ1) is 10.8. The summed E-state index contributed by atoms with van der Waals surface area (Å²) in [6, 6.07) is 8.12. The van der Waals surface area contributed by atoms with Gasteiger partial charge in [-0.2, -0.15) is 11.8 Å². The number of thioether (sulfide) groups is 1. The Balaban J connectivity index is 2.34.